The van der Waals surface area contributed by atoms with E-state index in [0.29, 0.717) is 6.61 Å². The standard InChI is InChI=1S/C17H25N3O/c1-4-18-16(11-14-12-19-20(3)13-14)17(21-5-2)15-9-7-6-8-10-15/h6-10,12-13,16-18H,4-5,11H2,1-3H3. The normalized spacial score (nSPS) is 14.0. The lowest BCUT2D eigenvalue weighted by atomic mass is 9.97. The van der Waals surface area contributed by atoms with Crippen LogP contribution < -0.4 is 5.32 Å². The van der Waals surface area contributed by atoms with Crippen molar-refractivity contribution in [1.82, 2.24) is 15.1 Å². The van der Waals surface area contributed by atoms with Gasteiger partial charge < -0.3 is 10.1 Å². The van der Waals surface area contributed by atoms with Crippen molar-refractivity contribution < 1.29 is 4.74 Å². The zero-order valence-corrected chi connectivity index (χ0v) is 13.1. The lowest BCUT2D eigenvalue weighted by Crippen LogP contribution is -2.38. The maximum absolute atomic E-state index is 6.03. The molecule has 0 spiro atoms. The Balaban J connectivity index is 2.19. The highest BCUT2D eigenvalue weighted by atomic mass is 16.5. The van der Waals surface area contributed by atoms with Crippen LogP contribution in [0.25, 0.3) is 0 Å². The van der Waals surface area contributed by atoms with E-state index in [0.717, 1.165) is 13.0 Å². The van der Waals surface area contributed by atoms with Gasteiger partial charge in [0.05, 0.1) is 12.3 Å². The van der Waals surface area contributed by atoms with Crippen molar-refractivity contribution in [3.63, 3.8) is 0 Å². The summed E-state index contributed by atoms with van der Waals surface area (Å²) in [6.45, 7) is 5.79. The second-order valence-corrected chi connectivity index (χ2v) is 5.18. The zero-order valence-electron chi connectivity index (χ0n) is 13.1. The smallest absolute Gasteiger partial charge is 0.0980 e. The van der Waals surface area contributed by atoms with Crippen LogP contribution in [0.3, 0.4) is 0 Å². The summed E-state index contributed by atoms with van der Waals surface area (Å²) in [6, 6.07) is 10.7. The Morgan fingerprint density at radius 1 is 1.24 bits per heavy atom. The summed E-state index contributed by atoms with van der Waals surface area (Å²) >= 11 is 0. The first-order valence-electron chi connectivity index (χ1n) is 7.62. The summed E-state index contributed by atoms with van der Waals surface area (Å²) in [5, 5.41) is 7.82. The molecular weight excluding hydrogens is 262 g/mol. The summed E-state index contributed by atoms with van der Waals surface area (Å²) in [4.78, 5) is 0. The van der Waals surface area contributed by atoms with Crippen LogP contribution in [0, 0.1) is 0 Å². The molecule has 0 aliphatic rings. The Morgan fingerprint density at radius 2 is 2.00 bits per heavy atom. The second kappa shape index (κ2) is 7.96. The van der Waals surface area contributed by atoms with E-state index < -0.39 is 0 Å². The molecule has 1 aromatic heterocycles. The third-order valence-electron chi connectivity index (χ3n) is 3.52. The van der Waals surface area contributed by atoms with Crippen molar-refractivity contribution in [2.45, 2.75) is 32.4 Å². The highest BCUT2D eigenvalue weighted by molar-refractivity contribution is 5.20. The van der Waals surface area contributed by atoms with Gasteiger partial charge in [0, 0.05) is 25.9 Å². The minimum atomic E-state index is 0.0522. The predicted molar refractivity (Wildman–Crippen MR) is 85.2 cm³/mol. The quantitative estimate of drug-likeness (QED) is 0.811. The minimum absolute atomic E-state index is 0.0522. The maximum Gasteiger partial charge on any atom is 0.0980 e. The summed E-state index contributed by atoms with van der Waals surface area (Å²) in [5.41, 5.74) is 2.44. The molecule has 0 fully saturated rings. The summed E-state index contributed by atoms with van der Waals surface area (Å²) in [6.07, 6.45) is 4.95. The number of hydrogen-bond donors (Lipinski definition) is 1. The van der Waals surface area contributed by atoms with E-state index in [1.807, 2.05) is 30.9 Å². The number of nitrogens with one attached hydrogen (secondary N) is 1. The number of likely N-dealkylation sites (N-methyl/N-ethyl adjacent to an activating group) is 1. The van der Waals surface area contributed by atoms with E-state index in [2.05, 4.69) is 47.8 Å². The molecule has 2 atom stereocenters. The summed E-state index contributed by atoms with van der Waals surface area (Å²) in [5.74, 6) is 0. The fraction of sp³-hybridized carbons (Fsp3) is 0.471. The Kier molecular flexibility index (Phi) is 5.96. The molecule has 1 N–H and O–H groups in total. The largest absolute Gasteiger partial charge is 0.372 e. The highest BCUT2D eigenvalue weighted by Gasteiger charge is 2.23. The van der Waals surface area contributed by atoms with Gasteiger partial charge in [-0.15, -0.1) is 0 Å². The topological polar surface area (TPSA) is 39.1 Å². The first kappa shape index (κ1) is 15.7. The van der Waals surface area contributed by atoms with Crippen LogP contribution in [-0.4, -0.2) is 29.0 Å². The SMILES string of the molecule is CCNC(Cc1cnn(C)c1)C(OCC)c1ccccc1. The molecule has 21 heavy (non-hydrogen) atoms. The number of aromatic nitrogens is 2. The van der Waals surface area contributed by atoms with Gasteiger partial charge >= 0.3 is 0 Å². The number of benzene rings is 1. The second-order valence-electron chi connectivity index (χ2n) is 5.18. The fourth-order valence-corrected chi connectivity index (χ4v) is 2.65. The molecule has 2 rings (SSSR count). The van der Waals surface area contributed by atoms with E-state index in [1.165, 1.54) is 11.1 Å². The molecule has 0 saturated heterocycles. The van der Waals surface area contributed by atoms with Crippen molar-refractivity contribution in [3.05, 3.63) is 53.9 Å². The first-order chi connectivity index (χ1) is 10.2. The molecule has 0 aliphatic carbocycles. The van der Waals surface area contributed by atoms with Crippen LogP contribution in [0.5, 0.6) is 0 Å². The Hall–Kier alpha value is -1.65. The van der Waals surface area contributed by atoms with Crippen molar-refractivity contribution in [2.75, 3.05) is 13.2 Å². The van der Waals surface area contributed by atoms with Crippen LogP contribution in [0.15, 0.2) is 42.7 Å². The average molecular weight is 287 g/mol. The lowest BCUT2D eigenvalue weighted by molar-refractivity contribution is 0.0336. The molecule has 0 amide bonds. The van der Waals surface area contributed by atoms with E-state index in [4.69, 9.17) is 4.74 Å². The van der Waals surface area contributed by atoms with Crippen molar-refractivity contribution >= 4 is 0 Å². The summed E-state index contributed by atoms with van der Waals surface area (Å²) < 4.78 is 7.88. The highest BCUT2D eigenvalue weighted by Crippen LogP contribution is 2.23. The number of ether oxygens (including phenoxy) is 1. The predicted octanol–water partition coefficient (Wildman–Crippen LogP) is 2.72. The van der Waals surface area contributed by atoms with Crippen LogP contribution in [0.1, 0.15) is 31.1 Å². The van der Waals surface area contributed by atoms with Gasteiger partial charge in [0.1, 0.15) is 0 Å². The van der Waals surface area contributed by atoms with Gasteiger partial charge in [-0.05, 0) is 31.0 Å². The number of nitrogens with zero attached hydrogens (tertiary/aromatic N) is 2. The molecule has 1 aromatic carbocycles. The van der Waals surface area contributed by atoms with Gasteiger partial charge in [-0.1, -0.05) is 37.3 Å². The third-order valence-corrected chi connectivity index (χ3v) is 3.52. The molecule has 1 heterocycles. The van der Waals surface area contributed by atoms with Crippen LogP contribution in [0.4, 0.5) is 0 Å². The van der Waals surface area contributed by atoms with Crippen LogP contribution in [-0.2, 0) is 18.2 Å². The molecule has 4 heteroatoms. The van der Waals surface area contributed by atoms with Gasteiger partial charge in [0.2, 0.25) is 0 Å². The van der Waals surface area contributed by atoms with Crippen molar-refractivity contribution in [1.29, 1.82) is 0 Å². The number of rotatable bonds is 8. The molecule has 114 valence electrons. The Labute approximate surface area is 127 Å². The molecule has 2 aromatic rings. The summed E-state index contributed by atoms with van der Waals surface area (Å²) in [7, 11) is 1.95. The van der Waals surface area contributed by atoms with Gasteiger partial charge in [-0.3, -0.25) is 4.68 Å². The molecule has 0 bridgehead atoms. The molecule has 4 nitrogen and oxygen atoms in total. The molecule has 0 aliphatic heterocycles. The van der Waals surface area contributed by atoms with Crippen LogP contribution >= 0.6 is 0 Å². The van der Waals surface area contributed by atoms with E-state index in [1.54, 1.807) is 0 Å². The first-order valence-corrected chi connectivity index (χ1v) is 7.62. The number of hydrogen-bond acceptors (Lipinski definition) is 3. The van der Waals surface area contributed by atoms with E-state index >= 15 is 0 Å². The molecular formula is C17H25N3O. The van der Waals surface area contributed by atoms with Crippen LogP contribution in [0.2, 0.25) is 0 Å². The molecule has 2 unspecified atom stereocenters. The zero-order chi connectivity index (χ0) is 15.1. The van der Waals surface area contributed by atoms with Gasteiger partial charge in [0.25, 0.3) is 0 Å². The minimum Gasteiger partial charge on any atom is -0.372 e. The third kappa shape index (κ3) is 4.41. The van der Waals surface area contributed by atoms with E-state index in [9.17, 15) is 0 Å². The Morgan fingerprint density at radius 3 is 2.57 bits per heavy atom. The monoisotopic (exact) mass is 287 g/mol. The Bertz CT molecular complexity index is 524. The lowest BCUT2D eigenvalue weighted by Gasteiger charge is -2.28. The van der Waals surface area contributed by atoms with Gasteiger partial charge in [-0.25, -0.2) is 0 Å². The number of aryl methyl sites for hydroxylation is 1. The van der Waals surface area contributed by atoms with Crippen molar-refractivity contribution in [3.8, 4) is 0 Å². The average Bonchev–Trinajstić information content (AvgIpc) is 2.90. The van der Waals surface area contributed by atoms with Crippen molar-refractivity contribution in [2.24, 2.45) is 7.05 Å². The molecule has 0 radical (unpaired) electrons. The van der Waals surface area contributed by atoms with E-state index in [-0.39, 0.29) is 12.1 Å². The van der Waals surface area contributed by atoms with Gasteiger partial charge in [-0.2, -0.15) is 5.10 Å². The van der Waals surface area contributed by atoms with Gasteiger partial charge in [0.15, 0.2) is 0 Å². The maximum atomic E-state index is 6.03. The molecule has 0 saturated carbocycles. The fourth-order valence-electron chi connectivity index (χ4n) is 2.65.